The first-order chi connectivity index (χ1) is 8.24. The summed E-state index contributed by atoms with van der Waals surface area (Å²) in [6, 6.07) is 11.9. The third-order valence-corrected chi connectivity index (χ3v) is 2.86. The van der Waals surface area contributed by atoms with Gasteiger partial charge in [-0.1, -0.05) is 30.3 Å². The van der Waals surface area contributed by atoms with E-state index in [-0.39, 0.29) is 0 Å². The molecule has 0 bridgehead atoms. The van der Waals surface area contributed by atoms with Crippen molar-refractivity contribution < 1.29 is 4.74 Å². The van der Waals surface area contributed by atoms with Gasteiger partial charge in [0.1, 0.15) is 5.60 Å². The Morgan fingerprint density at radius 1 is 1.29 bits per heavy atom. The molecule has 4 heteroatoms. The summed E-state index contributed by atoms with van der Waals surface area (Å²) >= 11 is 0. The zero-order valence-corrected chi connectivity index (χ0v) is 9.89. The molecule has 0 spiro atoms. The number of nitrogens with two attached hydrogens (primary N) is 1. The van der Waals surface area contributed by atoms with Crippen LogP contribution in [0.2, 0.25) is 0 Å². The van der Waals surface area contributed by atoms with Crippen LogP contribution in [0.25, 0.3) is 0 Å². The summed E-state index contributed by atoms with van der Waals surface area (Å²) in [5.41, 5.74) is 7.30. The molecular formula is C13H17N3O. The number of H-pyrrole nitrogens is 1. The number of nitrogens with one attached hydrogen (secondary N) is 1. The fourth-order valence-corrected chi connectivity index (χ4v) is 1.61. The number of hydrogen-bond acceptors (Lipinski definition) is 3. The van der Waals surface area contributed by atoms with Gasteiger partial charge >= 0.3 is 0 Å². The second-order valence-corrected chi connectivity index (χ2v) is 4.18. The van der Waals surface area contributed by atoms with Gasteiger partial charge in [0, 0.05) is 12.7 Å². The average molecular weight is 231 g/mol. The number of ether oxygens (including phenoxy) is 1. The zero-order valence-electron chi connectivity index (χ0n) is 9.89. The SMILES string of the molecule is CC(CN)(OCc1ccccc1)c1ccn[nH]1. The van der Waals surface area contributed by atoms with E-state index in [1.165, 1.54) is 0 Å². The molecule has 0 aliphatic heterocycles. The van der Waals surface area contributed by atoms with Crippen molar-refractivity contribution in [2.75, 3.05) is 6.54 Å². The molecule has 1 heterocycles. The lowest BCUT2D eigenvalue weighted by Crippen LogP contribution is -2.35. The normalized spacial score (nSPS) is 14.5. The van der Waals surface area contributed by atoms with Gasteiger partial charge in [-0.3, -0.25) is 5.10 Å². The predicted molar refractivity (Wildman–Crippen MR) is 66.2 cm³/mol. The molecule has 0 saturated heterocycles. The maximum atomic E-state index is 5.91. The van der Waals surface area contributed by atoms with Crippen LogP contribution in [0.15, 0.2) is 42.6 Å². The van der Waals surface area contributed by atoms with Gasteiger partial charge < -0.3 is 10.5 Å². The molecular weight excluding hydrogens is 214 g/mol. The minimum absolute atomic E-state index is 0.405. The molecule has 0 amide bonds. The molecule has 2 aromatic rings. The van der Waals surface area contributed by atoms with E-state index in [0.717, 1.165) is 11.3 Å². The number of aromatic nitrogens is 2. The Balaban J connectivity index is 2.06. The number of benzene rings is 1. The highest BCUT2D eigenvalue weighted by Crippen LogP contribution is 2.23. The second-order valence-electron chi connectivity index (χ2n) is 4.18. The fourth-order valence-electron chi connectivity index (χ4n) is 1.61. The third-order valence-electron chi connectivity index (χ3n) is 2.86. The summed E-state index contributed by atoms with van der Waals surface area (Å²) in [5, 5.41) is 6.84. The largest absolute Gasteiger partial charge is 0.363 e. The lowest BCUT2D eigenvalue weighted by Gasteiger charge is -2.27. The Morgan fingerprint density at radius 3 is 2.65 bits per heavy atom. The van der Waals surface area contributed by atoms with Crippen LogP contribution >= 0.6 is 0 Å². The van der Waals surface area contributed by atoms with Gasteiger partial charge in [0.15, 0.2) is 0 Å². The van der Waals surface area contributed by atoms with Gasteiger partial charge in [-0.05, 0) is 18.6 Å². The van der Waals surface area contributed by atoms with Crippen molar-refractivity contribution >= 4 is 0 Å². The minimum Gasteiger partial charge on any atom is -0.363 e. The summed E-state index contributed by atoms with van der Waals surface area (Å²) in [4.78, 5) is 0. The van der Waals surface area contributed by atoms with Crippen molar-refractivity contribution in [1.82, 2.24) is 10.2 Å². The van der Waals surface area contributed by atoms with Crippen molar-refractivity contribution in [3.8, 4) is 0 Å². The van der Waals surface area contributed by atoms with Crippen molar-refractivity contribution in [3.05, 3.63) is 53.9 Å². The summed E-state index contributed by atoms with van der Waals surface area (Å²) in [6.07, 6.45) is 1.70. The van der Waals surface area contributed by atoms with E-state index in [4.69, 9.17) is 10.5 Å². The topological polar surface area (TPSA) is 63.9 Å². The van der Waals surface area contributed by atoms with Crippen molar-refractivity contribution in [2.24, 2.45) is 5.73 Å². The molecule has 0 saturated carbocycles. The molecule has 90 valence electrons. The third kappa shape index (κ3) is 2.72. The Morgan fingerprint density at radius 2 is 2.06 bits per heavy atom. The van der Waals surface area contributed by atoms with Crippen molar-refractivity contribution in [1.29, 1.82) is 0 Å². The Hall–Kier alpha value is -1.65. The first-order valence-corrected chi connectivity index (χ1v) is 5.62. The van der Waals surface area contributed by atoms with E-state index in [9.17, 15) is 0 Å². The van der Waals surface area contributed by atoms with Crippen LogP contribution in [-0.2, 0) is 16.9 Å². The lowest BCUT2D eigenvalue weighted by atomic mass is 10.0. The smallest absolute Gasteiger partial charge is 0.119 e. The van der Waals surface area contributed by atoms with Gasteiger partial charge in [-0.2, -0.15) is 5.10 Å². The highest BCUT2D eigenvalue weighted by atomic mass is 16.5. The van der Waals surface area contributed by atoms with E-state index in [2.05, 4.69) is 10.2 Å². The quantitative estimate of drug-likeness (QED) is 0.824. The van der Waals surface area contributed by atoms with Crippen LogP contribution < -0.4 is 5.73 Å². The van der Waals surface area contributed by atoms with Crippen LogP contribution in [0, 0.1) is 0 Å². The molecule has 1 unspecified atom stereocenters. The summed E-state index contributed by atoms with van der Waals surface area (Å²) in [5.74, 6) is 0. The molecule has 17 heavy (non-hydrogen) atoms. The van der Waals surface area contributed by atoms with Crippen LogP contribution in [0.3, 0.4) is 0 Å². The van der Waals surface area contributed by atoms with E-state index in [1.54, 1.807) is 6.20 Å². The highest BCUT2D eigenvalue weighted by Gasteiger charge is 2.27. The van der Waals surface area contributed by atoms with Crippen LogP contribution in [0.4, 0.5) is 0 Å². The maximum absolute atomic E-state index is 5.91. The zero-order chi connectivity index (χ0) is 12.1. The summed E-state index contributed by atoms with van der Waals surface area (Å²) in [7, 11) is 0. The monoisotopic (exact) mass is 231 g/mol. The first-order valence-electron chi connectivity index (χ1n) is 5.62. The van der Waals surface area contributed by atoms with E-state index >= 15 is 0 Å². The van der Waals surface area contributed by atoms with Gasteiger partial charge in [-0.15, -0.1) is 0 Å². The number of hydrogen-bond donors (Lipinski definition) is 2. The van der Waals surface area contributed by atoms with Crippen LogP contribution in [0.1, 0.15) is 18.2 Å². The van der Waals surface area contributed by atoms with Gasteiger partial charge in [-0.25, -0.2) is 0 Å². The van der Waals surface area contributed by atoms with E-state index < -0.39 is 5.60 Å². The summed E-state index contributed by atoms with van der Waals surface area (Å²) in [6.45, 7) is 2.90. The van der Waals surface area contributed by atoms with E-state index in [0.29, 0.717) is 13.2 Å². The molecule has 1 aromatic carbocycles. The van der Waals surface area contributed by atoms with Crippen LogP contribution in [-0.4, -0.2) is 16.7 Å². The van der Waals surface area contributed by atoms with Crippen LogP contribution in [0.5, 0.6) is 0 Å². The molecule has 0 aliphatic carbocycles. The minimum atomic E-state index is -0.521. The van der Waals surface area contributed by atoms with Crippen molar-refractivity contribution in [3.63, 3.8) is 0 Å². The fraction of sp³-hybridized carbons (Fsp3) is 0.308. The molecule has 3 N–H and O–H groups in total. The molecule has 4 nitrogen and oxygen atoms in total. The molecule has 0 aliphatic rings. The number of aromatic amines is 1. The molecule has 2 rings (SSSR count). The standard InChI is InChI=1S/C13H17N3O/c1-13(10-14,12-7-8-15-16-12)17-9-11-5-3-2-4-6-11/h2-8H,9-10,14H2,1H3,(H,15,16). The average Bonchev–Trinajstić information content (AvgIpc) is 2.92. The molecule has 0 radical (unpaired) electrons. The highest BCUT2D eigenvalue weighted by molar-refractivity contribution is 5.15. The van der Waals surface area contributed by atoms with Gasteiger partial charge in [0.25, 0.3) is 0 Å². The predicted octanol–water partition coefficient (Wildman–Crippen LogP) is 1.80. The molecule has 0 fully saturated rings. The molecule has 1 aromatic heterocycles. The van der Waals surface area contributed by atoms with E-state index in [1.807, 2.05) is 43.3 Å². The molecule has 1 atom stereocenters. The van der Waals surface area contributed by atoms with Gasteiger partial charge in [0.05, 0.1) is 12.3 Å². The van der Waals surface area contributed by atoms with Gasteiger partial charge in [0.2, 0.25) is 0 Å². The summed E-state index contributed by atoms with van der Waals surface area (Å²) < 4.78 is 5.91. The Bertz CT molecular complexity index is 441. The first kappa shape index (κ1) is 11.8. The maximum Gasteiger partial charge on any atom is 0.119 e. The number of rotatable bonds is 5. The number of nitrogens with zero attached hydrogens (tertiary/aromatic N) is 1. The van der Waals surface area contributed by atoms with Crippen molar-refractivity contribution in [2.45, 2.75) is 19.1 Å². The Labute approximate surface area is 101 Å². The Kier molecular flexibility index (Phi) is 3.56. The second kappa shape index (κ2) is 5.12. The lowest BCUT2D eigenvalue weighted by molar-refractivity contribution is -0.0441.